The van der Waals surface area contributed by atoms with Crippen molar-refractivity contribution in [3.8, 4) is 16.9 Å². The molecule has 3 N–H and O–H groups in total. The zero-order valence-electron chi connectivity index (χ0n) is 16.3. The molecule has 0 saturated heterocycles. The van der Waals surface area contributed by atoms with Crippen LogP contribution in [0, 0.1) is 0 Å². The van der Waals surface area contributed by atoms with E-state index in [2.05, 4.69) is 17.4 Å². The van der Waals surface area contributed by atoms with Gasteiger partial charge in [-0.3, -0.25) is 0 Å². The van der Waals surface area contributed by atoms with Crippen LogP contribution in [0.4, 0.5) is 0 Å². The van der Waals surface area contributed by atoms with Crippen LogP contribution in [0.3, 0.4) is 0 Å². The van der Waals surface area contributed by atoms with Gasteiger partial charge in [0.1, 0.15) is 4.90 Å². The summed E-state index contributed by atoms with van der Waals surface area (Å²) in [4.78, 5) is 0.0362. The molecule has 0 aliphatic carbocycles. The van der Waals surface area contributed by atoms with E-state index in [0.717, 1.165) is 17.0 Å². The first kappa shape index (κ1) is 20.0. The van der Waals surface area contributed by atoms with Crippen LogP contribution in [0.5, 0.6) is 0 Å². The minimum Gasteiger partial charge on any atom is -0.307 e. The molecule has 0 aliphatic rings. The molecule has 6 nitrogen and oxygen atoms in total. The summed E-state index contributed by atoms with van der Waals surface area (Å²) in [5, 5.41) is 13.5. The highest BCUT2D eigenvalue weighted by Crippen LogP contribution is 2.27. The van der Waals surface area contributed by atoms with Gasteiger partial charge >= 0.3 is 0 Å². The quantitative estimate of drug-likeness (QED) is 0.481. The number of hydrogen-bond acceptors (Lipinski definition) is 4. The Hall–Kier alpha value is -3.26. The van der Waals surface area contributed by atoms with E-state index in [1.807, 2.05) is 54.6 Å². The minimum absolute atomic E-state index is 0.0362. The highest BCUT2D eigenvalue weighted by molar-refractivity contribution is 7.89. The van der Waals surface area contributed by atoms with Crippen molar-refractivity contribution >= 4 is 10.0 Å². The van der Waals surface area contributed by atoms with Crippen molar-refractivity contribution in [1.29, 1.82) is 0 Å². The number of para-hydroxylation sites is 1. The maximum Gasteiger partial charge on any atom is 0.240 e. The summed E-state index contributed by atoms with van der Waals surface area (Å²) in [7, 11) is -3.90. The Morgan fingerprint density at radius 1 is 0.833 bits per heavy atom. The lowest BCUT2D eigenvalue weighted by atomic mass is 10.1. The molecule has 0 atom stereocenters. The SMILES string of the molecule is NS(=O)(=O)c1ccccc1-n1nc(CNCc2ccccc2)cc1-c1ccccc1. The largest absolute Gasteiger partial charge is 0.307 e. The lowest BCUT2D eigenvalue weighted by Gasteiger charge is -2.11. The second-order valence-electron chi connectivity index (χ2n) is 6.90. The Morgan fingerprint density at radius 2 is 1.47 bits per heavy atom. The van der Waals surface area contributed by atoms with Crippen molar-refractivity contribution in [2.24, 2.45) is 5.14 Å². The average Bonchev–Trinajstić information content (AvgIpc) is 3.19. The van der Waals surface area contributed by atoms with E-state index in [1.54, 1.807) is 22.9 Å². The summed E-state index contributed by atoms with van der Waals surface area (Å²) < 4.78 is 25.9. The summed E-state index contributed by atoms with van der Waals surface area (Å²) in [6.45, 7) is 1.25. The fourth-order valence-electron chi connectivity index (χ4n) is 3.32. The first-order valence-corrected chi connectivity index (χ1v) is 11.1. The number of nitrogens with one attached hydrogen (secondary N) is 1. The molecule has 0 saturated carbocycles. The molecule has 4 aromatic rings. The predicted octanol–water partition coefficient (Wildman–Crippen LogP) is 3.48. The molecule has 30 heavy (non-hydrogen) atoms. The molecule has 152 valence electrons. The molecule has 0 bridgehead atoms. The zero-order valence-corrected chi connectivity index (χ0v) is 17.1. The van der Waals surface area contributed by atoms with E-state index >= 15 is 0 Å². The van der Waals surface area contributed by atoms with E-state index < -0.39 is 10.0 Å². The normalized spacial score (nSPS) is 11.5. The molecule has 0 fully saturated rings. The topological polar surface area (TPSA) is 90.0 Å². The minimum atomic E-state index is -3.90. The highest BCUT2D eigenvalue weighted by atomic mass is 32.2. The van der Waals surface area contributed by atoms with E-state index in [4.69, 9.17) is 10.2 Å². The van der Waals surface area contributed by atoms with Crippen LogP contribution in [0.1, 0.15) is 11.3 Å². The standard InChI is InChI=1S/C23H22N4O2S/c24-30(28,29)23-14-8-7-13-21(23)27-22(19-11-5-2-6-12-19)15-20(26-27)17-25-16-18-9-3-1-4-10-18/h1-15,25H,16-17H2,(H2,24,28,29). The summed E-state index contributed by atoms with van der Waals surface area (Å²) in [5.74, 6) is 0. The van der Waals surface area contributed by atoms with Gasteiger partial charge in [-0.05, 0) is 23.8 Å². The zero-order chi connectivity index (χ0) is 21.0. The van der Waals surface area contributed by atoms with Crippen LogP contribution in [-0.2, 0) is 23.1 Å². The van der Waals surface area contributed by atoms with Crippen molar-refractivity contribution in [2.75, 3.05) is 0 Å². The maximum atomic E-state index is 12.1. The molecule has 1 aromatic heterocycles. The first-order chi connectivity index (χ1) is 14.5. The van der Waals surface area contributed by atoms with Crippen molar-refractivity contribution in [3.05, 3.63) is 102 Å². The van der Waals surface area contributed by atoms with Gasteiger partial charge in [0.25, 0.3) is 0 Å². The smallest absolute Gasteiger partial charge is 0.240 e. The maximum absolute atomic E-state index is 12.1. The molecule has 0 unspecified atom stereocenters. The van der Waals surface area contributed by atoms with Crippen molar-refractivity contribution < 1.29 is 8.42 Å². The molecule has 7 heteroatoms. The number of primary sulfonamides is 1. The monoisotopic (exact) mass is 418 g/mol. The number of aromatic nitrogens is 2. The first-order valence-electron chi connectivity index (χ1n) is 9.53. The van der Waals surface area contributed by atoms with Gasteiger partial charge in [-0.2, -0.15) is 5.10 Å². The van der Waals surface area contributed by atoms with Crippen molar-refractivity contribution in [2.45, 2.75) is 18.0 Å². The van der Waals surface area contributed by atoms with Crippen LogP contribution in [0.15, 0.2) is 95.9 Å². The number of rotatable bonds is 7. The molecule has 1 heterocycles. The van der Waals surface area contributed by atoms with E-state index in [0.29, 0.717) is 18.8 Å². The molecular weight excluding hydrogens is 396 g/mol. The van der Waals surface area contributed by atoms with Crippen molar-refractivity contribution in [3.63, 3.8) is 0 Å². The lowest BCUT2D eigenvalue weighted by Crippen LogP contribution is -2.16. The third kappa shape index (κ3) is 4.49. The van der Waals surface area contributed by atoms with Gasteiger partial charge in [0.15, 0.2) is 0 Å². The predicted molar refractivity (Wildman–Crippen MR) is 117 cm³/mol. The number of nitrogens with two attached hydrogens (primary N) is 1. The third-order valence-corrected chi connectivity index (χ3v) is 5.67. The van der Waals surface area contributed by atoms with Gasteiger partial charge in [-0.1, -0.05) is 72.8 Å². The van der Waals surface area contributed by atoms with Crippen LogP contribution in [-0.4, -0.2) is 18.2 Å². The Balaban J connectivity index is 1.71. The number of nitrogens with zero attached hydrogens (tertiary/aromatic N) is 2. The highest BCUT2D eigenvalue weighted by Gasteiger charge is 2.19. The van der Waals surface area contributed by atoms with Gasteiger partial charge in [-0.15, -0.1) is 0 Å². The van der Waals surface area contributed by atoms with E-state index in [1.165, 1.54) is 11.6 Å². The second-order valence-corrected chi connectivity index (χ2v) is 8.43. The summed E-state index contributed by atoms with van der Waals surface area (Å²) >= 11 is 0. The van der Waals surface area contributed by atoms with E-state index in [-0.39, 0.29) is 4.90 Å². The summed E-state index contributed by atoms with van der Waals surface area (Å²) in [6, 6.07) is 28.4. The number of benzene rings is 3. The molecule has 0 radical (unpaired) electrons. The van der Waals surface area contributed by atoms with Crippen LogP contribution < -0.4 is 10.5 Å². The Morgan fingerprint density at radius 3 is 2.17 bits per heavy atom. The van der Waals surface area contributed by atoms with Gasteiger partial charge in [-0.25, -0.2) is 18.2 Å². The Bertz CT molecular complexity index is 1240. The van der Waals surface area contributed by atoms with Gasteiger partial charge in [0, 0.05) is 18.7 Å². The molecule has 0 spiro atoms. The summed E-state index contributed by atoms with van der Waals surface area (Å²) in [5.41, 5.74) is 4.13. The lowest BCUT2D eigenvalue weighted by molar-refractivity contribution is 0.596. The van der Waals surface area contributed by atoms with Gasteiger partial charge in [0.2, 0.25) is 10.0 Å². The summed E-state index contributed by atoms with van der Waals surface area (Å²) in [6.07, 6.45) is 0. The Kier molecular flexibility index (Phi) is 5.76. The van der Waals surface area contributed by atoms with Gasteiger partial charge in [0.05, 0.1) is 17.1 Å². The van der Waals surface area contributed by atoms with Crippen LogP contribution in [0.25, 0.3) is 16.9 Å². The fraction of sp³-hybridized carbons (Fsp3) is 0.0870. The van der Waals surface area contributed by atoms with Crippen molar-refractivity contribution in [1.82, 2.24) is 15.1 Å². The van der Waals surface area contributed by atoms with E-state index in [9.17, 15) is 8.42 Å². The number of hydrogen-bond donors (Lipinski definition) is 2. The molecule has 0 aliphatic heterocycles. The average molecular weight is 419 g/mol. The molecule has 0 amide bonds. The molecule has 4 rings (SSSR count). The second kappa shape index (κ2) is 8.62. The van der Waals surface area contributed by atoms with Crippen LogP contribution >= 0.6 is 0 Å². The van der Waals surface area contributed by atoms with Gasteiger partial charge < -0.3 is 5.32 Å². The fourth-order valence-corrected chi connectivity index (χ4v) is 4.03. The molecular formula is C23H22N4O2S. The third-order valence-electron chi connectivity index (χ3n) is 4.71. The van der Waals surface area contributed by atoms with Crippen LogP contribution in [0.2, 0.25) is 0 Å². The number of sulfonamides is 1. The molecule has 3 aromatic carbocycles. The Labute approximate surface area is 176 Å².